The smallest absolute Gasteiger partial charge is 0.271 e. The highest BCUT2D eigenvalue weighted by atomic mass is 32.2. The molecule has 0 bridgehead atoms. The van der Waals surface area contributed by atoms with Crippen LogP contribution in [0.4, 0.5) is 5.69 Å². The molecule has 0 N–H and O–H groups in total. The van der Waals surface area contributed by atoms with Gasteiger partial charge in [-0.25, -0.2) is 8.42 Å². The molecule has 0 fully saturated rings. The topological polar surface area (TPSA) is 72.9 Å². The van der Waals surface area contributed by atoms with Crippen molar-refractivity contribution in [2.75, 3.05) is 18.0 Å². The summed E-state index contributed by atoms with van der Waals surface area (Å²) in [6, 6.07) is 21.5. The fraction of sp³-hybridized carbons (Fsp3) is 0.222. The Balaban J connectivity index is 1.88. The summed E-state index contributed by atoms with van der Waals surface area (Å²) in [7, 11) is -2.56. The Morgan fingerprint density at radius 3 is 2.21 bits per heavy atom. The quantitative estimate of drug-likeness (QED) is 0.356. The molecule has 0 aliphatic heterocycles. The van der Waals surface area contributed by atoms with Crippen LogP contribution in [0.1, 0.15) is 25.8 Å². The normalized spacial score (nSPS) is 11.5. The second-order valence-corrected chi connectivity index (χ2v) is 9.82. The van der Waals surface area contributed by atoms with E-state index in [1.54, 1.807) is 79.9 Å². The lowest BCUT2D eigenvalue weighted by atomic mass is 10.1. The average molecular weight is 480 g/mol. The molecular formula is C27H29NO5S. The van der Waals surface area contributed by atoms with E-state index in [1.165, 1.54) is 18.2 Å². The second kappa shape index (κ2) is 11.5. The highest BCUT2D eigenvalue weighted by Gasteiger charge is 2.29. The number of rotatable bonds is 10. The van der Waals surface area contributed by atoms with E-state index < -0.39 is 15.9 Å². The van der Waals surface area contributed by atoms with Gasteiger partial charge >= 0.3 is 0 Å². The Hall–Kier alpha value is -3.58. The van der Waals surface area contributed by atoms with E-state index in [-0.39, 0.29) is 10.6 Å². The zero-order valence-corrected chi connectivity index (χ0v) is 20.4. The minimum Gasteiger partial charge on any atom is -0.493 e. The van der Waals surface area contributed by atoms with Crippen LogP contribution >= 0.6 is 0 Å². The third kappa shape index (κ3) is 6.26. The number of carbonyl (C=O) groups excluding carboxylic acids is 1. The van der Waals surface area contributed by atoms with Gasteiger partial charge in [-0.3, -0.25) is 4.79 Å². The van der Waals surface area contributed by atoms with E-state index in [9.17, 15) is 13.2 Å². The molecule has 34 heavy (non-hydrogen) atoms. The van der Waals surface area contributed by atoms with Gasteiger partial charge < -0.3 is 9.47 Å². The standard InChI is InChI=1S/C27H29NO5S/c1-21(2)18-19-33-25-16-14-22(20-26(25)32-3)15-17-27(29)28(23-10-6-4-7-11-23)34(30,31)24-12-8-5-9-13-24/h4-17,20-21H,18-19H2,1-3H3/b17-15+. The molecular weight excluding hydrogens is 450 g/mol. The summed E-state index contributed by atoms with van der Waals surface area (Å²) in [6.45, 7) is 4.83. The molecule has 0 aliphatic rings. The maximum Gasteiger partial charge on any atom is 0.271 e. The van der Waals surface area contributed by atoms with E-state index in [4.69, 9.17) is 9.47 Å². The molecule has 178 valence electrons. The van der Waals surface area contributed by atoms with Crippen molar-refractivity contribution < 1.29 is 22.7 Å². The first-order valence-electron chi connectivity index (χ1n) is 11.0. The summed E-state index contributed by atoms with van der Waals surface area (Å²) in [5, 5.41) is 0. The number of benzene rings is 3. The van der Waals surface area contributed by atoms with Gasteiger partial charge in [0.2, 0.25) is 0 Å². The molecule has 3 aromatic carbocycles. The summed E-state index contributed by atoms with van der Waals surface area (Å²) >= 11 is 0. The van der Waals surface area contributed by atoms with Crippen LogP contribution in [0.2, 0.25) is 0 Å². The molecule has 0 heterocycles. The van der Waals surface area contributed by atoms with E-state index >= 15 is 0 Å². The zero-order valence-electron chi connectivity index (χ0n) is 19.5. The Kier molecular flexibility index (Phi) is 8.49. The molecule has 1 amide bonds. The molecule has 0 saturated heterocycles. The molecule has 0 atom stereocenters. The van der Waals surface area contributed by atoms with Crippen LogP contribution in [0.3, 0.4) is 0 Å². The van der Waals surface area contributed by atoms with Crippen molar-refractivity contribution in [3.8, 4) is 11.5 Å². The first-order valence-corrected chi connectivity index (χ1v) is 12.4. The lowest BCUT2D eigenvalue weighted by Crippen LogP contribution is -2.35. The van der Waals surface area contributed by atoms with Gasteiger partial charge in [0.1, 0.15) is 0 Å². The lowest BCUT2D eigenvalue weighted by Gasteiger charge is -2.21. The molecule has 0 unspecified atom stereocenters. The Morgan fingerprint density at radius 1 is 0.941 bits per heavy atom. The van der Waals surface area contributed by atoms with Crippen molar-refractivity contribution >= 4 is 27.7 Å². The van der Waals surface area contributed by atoms with Gasteiger partial charge in [0.05, 0.1) is 24.3 Å². The SMILES string of the molecule is COc1cc(/C=C/C(=O)N(c2ccccc2)S(=O)(=O)c2ccccc2)ccc1OCCC(C)C. The first-order chi connectivity index (χ1) is 16.3. The Morgan fingerprint density at radius 2 is 1.59 bits per heavy atom. The number of ether oxygens (including phenoxy) is 2. The van der Waals surface area contributed by atoms with Gasteiger partial charge in [0.15, 0.2) is 11.5 Å². The number of para-hydroxylation sites is 1. The van der Waals surface area contributed by atoms with E-state index in [0.29, 0.717) is 29.6 Å². The van der Waals surface area contributed by atoms with Crippen molar-refractivity contribution in [1.29, 1.82) is 0 Å². The van der Waals surface area contributed by atoms with Gasteiger partial charge in [0.25, 0.3) is 15.9 Å². The Labute approximate surface area is 201 Å². The maximum absolute atomic E-state index is 13.3. The summed E-state index contributed by atoms with van der Waals surface area (Å²) in [5.41, 5.74) is 0.930. The monoisotopic (exact) mass is 479 g/mol. The summed E-state index contributed by atoms with van der Waals surface area (Å²) in [5.74, 6) is 0.990. The summed E-state index contributed by atoms with van der Waals surface area (Å²) < 4.78 is 38.7. The third-order valence-electron chi connectivity index (χ3n) is 5.03. The maximum atomic E-state index is 13.3. The van der Waals surface area contributed by atoms with E-state index in [2.05, 4.69) is 13.8 Å². The average Bonchev–Trinajstić information content (AvgIpc) is 2.84. The molecule has 3 aromatic rings. The molecule has 0 saturated carbocycles. The van der Waals surface area contributed by atoms with E-state index in [1.807, 2.05) is 0 Å². The minimum atomic E-state index is -4.11. The fourth-order valence-corrected chi connectivity index (χ4v) is 4.60. The zero-order chi connectivity index (χ0) is 24.6. The van der Waals surface area contributed by atoms with Crippen LogP contribution in [-0.4, -0.2) is 28.0 Å². The van der Waals surface area contributed by atoms with Gasteiger partial charge in [-0.1, -0.05) is 56.3 Å². The number of carbonyl (C=O) groups is 1. The number of hydrogen-bond donors (Lipinski definition) is 0. The number of methoxy groups -OCH3 is 1. The molecule has 6 nitrogen and oxygen atoms in total. The van der Waals surface area contributed by atoms with Gasteiger partial charge in [-0.2, -0.15) is 4.31 Å². The van der Waals surface area contributed by atoms with Crippen molar-refractivity contribution in [1.82, 2.24) is 0 Å². The van der Waals surface area contributed by atoms with E-state index in [0.717, 1.165) is 10.7 Å². The van der Waals surface area contributed by atoms with Gasteiger partial charge in [-0.15, -0.1) is 0 Å². The third-order valence-corrected chi connectivity index (χ3v) is 6.77. The van der Waals surface area contributed by atoms with Gasteiger partial charge in [0, 0.05) is 6.08 Å². The largest absolute Gasteiger partial charge is 0.493 e. The van der Waals surface area contributed by atoms with Crippen LogP contribution in [0.5, 0.6) is 11.5 Å². The summed E-state index contributed by atoms with van der Waals surface area (Å²) in [6.07, 6.45) is 3.71. The summed E-state index contributed by atoms with van der Waals surface area (Å²) in [4.78, 5) is 13.2. The highest BCUT2D eigenvalue weighted by Crippen LogP contribution is 2.29. The predicted octanol–water partition coefficient (Wildman–Crippen LogP) is 5.56. The van der Waals surface area contributed by atoms with Crippen LogP contribution in [0.15, 0.2) is 89.8 Å². The van der Waals surface area contributed by atoms with Crippen LogP contribution < -0.4 is 13.8 Å². The lowest BCUT2D eigenvalue weighted by molar-refractivity contribution is -0.113. The fourth-order valence-electron chi connectivity index (χ4n) is 3.19. The number of anilines is 1. The number of sulfonamides is 1. The number of hydrogen-bond acceptors (Lipinski definition) is 5. The molecule has 0 aliphatic carbocycles. The molecule has 0 radical (unpaired) electrons. The molecule has 3 rings (SSSR count). The number of amides is 1. The Bertz CT molecular complexity index is 1220. The minimum absolute atomic E-state index is 0.0326. The van der Waals surface area contributed by atoms with Crippen molar-refractivity contribution in [2.45, 2.75) is 25.2 Å². The van der Waals surface area contributed by atoms with Crippen LogP contribution in [0, 0.1) is 5.92 Å². The molecule has 0 aromatic heterocycles. The van der Waals surface area contributed by atoms with Gasteiger partial charge in [-0.05, 0) is 60.4 Å². The highest BCUT2D eigenvalue weighted by molar-refractivity contribution is 7.93. The predicted molar refractivity (Wildman–Crippen MR) is 135 cm³/mol. The van der Waals surface area contributed by atoms with Crippen LogP contribution in [-0.2, 0) is 14.8 Å². The number of nitrogens with zero attached hydrogens (tertiary/aromatic N) is 1. The first kappa shape index (κ1) is 25.1. The van der Waals surface area contributed by atoms with Crippen LogP contribution in [0.25, 0.3) is 6.08 Å². The second-order valence-electron chi connectivity index (χ2n) is 8.03. The van der Waals surface area contributed by atoms with Crippen molar-refractivity contribution in [3.05, 3.63) is 90.5 Å². The van der Waals surface area contributed by atoms with Crippen molar-refractivity contribution in [2.24, 2.45) is 5.92 Å². The van der Waals surface area contributed by atoms with Crippen molar-refractivity contribution in [3.63, 3.8) is 0 Å². The molecule has 7 heteroatoms. The molecule has 0 spiro atoms.